The van der Waals surface area contributed by atoms with Crippen molar-refractivity contribution in [2.75, 3.05) is 7.11 Å². The molecule has 1 saturated carbocycles. The molecule has 2 rings (SSSR count). The van der Waals surface area contributed by atoms with E-state index in [-0.39, 0.29) is 11.3 Å². The van der Waals surface area contributed by atoms with Gasteiger partial charge in [-0.3, -0.25) is 0 Å². The Bertz CT molecular complexity index is 375. The Kier molecular flexibility index (Phi) is 2.48. The summed E-state index contributed by atoms with van der Waals surface area (Å²) in [6.45, 7) is 0. The smallest absolute Gasteiger partial charge is 0.350 e. The molecule has 15 heavy (non-hydrogen) atoms. The minimum atomic E-state index is -0.827. The molecule has 6 heteroatoms. The molecule has 0 aromatic carbocycles. The van der Waals surface area contributed by atoms with E-state index in [9.17, 15) is 4.79 Å². The van der Waals surface area contributed by atoms with E-state index in [1.165, 1.54) is 19.5 Å². The zero-order chi connectivity index (χ0) is 10.9. The van der Waals surface area contributed by atoms with Gasteiger partial charge in [-0.25, -0.2) is 14.8 Å². The highest BCUT2D eigenvalue weighted by Gasteiger charge is 2.54. The van der Waals surface area contributed by atoms with Gasteiger partial charge in [0.25, 0.3) is 0 Å². The van der Waals surface area contributed by atoms with Crippen molar-refractivity contribution in [3.63, 3.8) is 0 Å². The Morgan fingerprint density at radius 1 is 1.47 bits per heavy atom. The van der Waals surface area contributed by atoms with E-state index in [0.717, 1.165) is 0 Å². The first-order valence-corrected chi connectivity index (χ1v) is 4.79. The third-order valence-corrected chi connectivity index (χ3v) is 2.37. The molecule has 0 unspecified atom stereocenters. The first-order valence-electron chi connectivity index (χ1n) is 4.41. The van der Waals surface area contributed by atoms with E-state index in [2.05, 4.69) is 14.7 Å². The molecule has 1 aliphatic carbocycles. The van der Waals surface area contributed by atoms with E-state index in [1.54, 1.807) is 0 Å². The van der Waals surface area contributed by atoms with E-state index >= 15 is 0 Å². The van der Waals surface area contributed by atoms with Crippen LogP contribution in [0.1, 0.15) is 12.8 Å². The van der Waals surface area contributed by atoms with Crippen molar-refractivity contribution in [2.24, 2.45) is 0 Å². The van der Waals surface area contributed by atoms with Crippen molar-refractivity contribution >= 4 is 17.6 Å². The molecule has 80 valence electrons. The van der Waals surface area contributed by atoms with Crippen LogP contribution in [0.15, 0.2) is 12.4 Å². The number of methoxy groups -OCH3 is 1. The summed E-state index contributed by atoms with van der Waals surface area (Å²) in [5, 5.41) is 0.144. The van der Waals surface area contributed by atoms with E-state index < -0.39 is 5.60 Å². The summed E-state index contributed by atoms with van der Waals surface area (Å²) < 4.78 is 10.1. The lowest BCUT2D eigenvalue weighted by Crippen LogP contribution is -2.30. The monoisotopic (exact) mass is 228 g/mol. The predicted molar refractivity (Wildman–Crippen MR) is 51.7 cm³/mol. The molecule has 0 spiro atoms. The van der Waals surface area contributed by atoms with Crippen molar-refractivity contribution in [1.82, 2.24) is 9.97 Å². The van der Waals surface area contributed by atoms with Crippen LogP contribution in [0, 0.1) is 0 Å². The molecule has 0 saturated heterocycles. The average Bonchev–Trinajstić information content (AvgIpc) is 3.01. The number of carbonyl (C=O) groups is 1. The quantitative estimate of drug-likeness (QED) is 0.575. The molecular formula is C9H9ClN2O3. The second kappa shape index (κ2) is 3.66. The van der Waals surface area contributed by atoms with Crippen molar-refractivity contribution in [2.45, 2.75) is 18.4 Å². The number of esters is 1. The van der Waals surface area contributed by atoms with Gasteiger partial charge in [-0.05, 0) is 11.6 Å². The van der Waals surface area contributed by atoms with Crippen LogP contribution in [0.4, 0.5) is 0 Å². The molecule has 0 N–H and O–H groups in total. The fourth-order valence-electron chi connectivity index (χ4n) is 1.23. The molecule has 0 atom stereocenters. The Hall–Kier alpha value is -1.36. The molecular weight excluding hydrogens is 220 g/mol. The topological polar surface area (TPSA) is 61.3 Å². The van der Waals surface area contributed by atoms with Crippen molar-refractivity contribution in [3.8, 4) is 5.75 Å². The van der Waals surface area contributed by atoms with Crippen molar-refractivity contribution in [3.05, 3.63) is 17.7 Å². The summed E-state index contributed by atoms with van der Waals surface area (Å²) in [5.74, 6) is 0.0553. The maximum atomic E-state index is 11.4. The summed E-state index contributed by atoms with van der Waals surface area (Å²) in [5.41, 5.74) is -0.827. The minimum Gasteiger partial charge on any atom is -0.472 e. The number of ether oxygens (including phenoxy) is 2. The highest BCUT2D eigenvalue weighted by atomic mass is 35.5. The molecule has 1 fully saturated rings. The highest BCUT2D eigenvalue weighted by Crippen LogP contribution is 2.41. The van der Waals surface area contributed by atoms with Gasteiger partial charge in [-0.15, -0.1) is 0 Å². The van der Waals surface area contributed by atoms with Gasteiger partial charge in [0.2, 0.25) is 10.9 Å². The molecule has 1 aliphatic rings. The van der Waals surface area contributed by atoms with Gasteiger partial charge in [-0.1, -0.05) is 0 Å². The lowest BCUT2D eigenvalue weighted by atomic mass is 10.3. The number of carbonyl (C=O) groups excluding carboxylic acids is 1. The normalized spacial score (nSPS) is 16.9. The zero-order valence-electron chi connectivity index (χ0n) is 8.07. The van der Waals surface area contributed by atoms with E-state index in [0.29, 0.717) is 18.6 Å². The predicted octanol–water partition coefficient (Wildman–Crippen LogP) is 1.21. The van der Waals surface area contributed by atoms with Gasteiger partial charge in [0.15, 0.2) is 5.75 Å². The first-order chi connectivity index (χ1) is 7.16. The van der Waals surface area contributed by atoms with Gasteiger partial charge in [0.05, 0.1) is 19.5 Å². The number of hydrogen-bond donors (Lipinski definition) is 0. The summed E-state index contributed by atoms with van der Waals surface area (Å²) in [6, 6.07) is 0. The number of halogens is 1. The van der Waals surface area contributed by atoms with Crippen molar-refractivity contribution in [1.29, 1.82) is 0 Å². The van der Waals surface area contributed by atoms with Gasteiger partial charge in [0.1, 0.15) is 0 Å². The van der Waals surface area contributed by atoms with E-state index in [4.69, 9.17) is 16.3 Å². The Labute approximate surface area is 91.4 Å². The molecule has 0 aliphatic heterocycles. The SMILES string of the molecule is COC(=O)C1(Oc2cnc(Cl)nc2)CC1. The number of aromatic nitrogens is 2. The van der Waals surface area contributed by atoms with Crippen LogP contribution in [0.5, 0.6) is 5.75 Å². The average molecular weight is 229 g/mol. The lowest BCUT2D eigenvalue weighted by Gasteiger charge is -2.14. The van der Waals surface area contributed by atoms with Crippen LogP contribution in [0.3, 0.4) is 0 Å². The van der Waals surface area contributed by atoms with Gasteiger partial charge < -0.3 is 9.47 Å². The second-order valence-electron chi connectivity index (χ2n) is 3.28. The Morgan fingerprint density at radius 3 is 2.53 bits per heavy atom. The molecule has 0 amide bonds. The lowest BCUT2D eigenvalue weighted by molar-refractivity contribution is -0.151. The van der Waals surface area contributed by atoms with Crippen LogP contribution in [0.25, 0.3) is 0 Å². The van der Waals surface area contributed by atoms with Crippen LogP contribution in [-0.2, 0) is 9.53 Å². The standard InChI is InChI=1S/C9H9ClN2O3/c1-14-7(13)9(2-3-9)15-6-4-11-8(10)12-5-6/h4-5H,2-3H2,1H3. The fourth-order valence-corrected chi connectivity index (χ4v) is 1.32. The summed E-state index contributed by atoms with van der Waals surface area (Å²) in [6.07, 6.45) is 4.17. The van der Waals surface area contributed by atoms with E-state index in [1.807, 2.05) is 0 Å². The third-order valence-electron chi connectivity index (χ3n) is 2.17. The highest BCUT2D eigenvalue weighted by molar-refractivity contribution is 6.28. The molecule has 0 radical (unpaired) electrons. The van der Waals surface area contributed by atoms with Gasteiger partial charge in [0, 0.05) is 12.8 Å². The van der Waals surface area contributed by atoms with Crippen LogP contribution in [0.2, 0.25) is 5.28 Å². The van der Waals surface area contributed by atoms with Crippen LogP contribution >= 0.6 is 11.6 Å². The van der Waals surface area contributed by atoms with Gasteiger partial charge >= 0.3 is 5.97 Å². The fraction of sp³-hybridized carbons (Fsp3) is 0.444. The third kappa shape index (κ3) is 2.02. The summed E-state index contributed by atoms with van der Waals surface area (Å²) in [7, 11) is 1.34. The number of hydrogen-bond acceptors (Lipinski definition) is 5. The first kappa shape index (κ1) is 10.2. The molecule has 0 bridgehead atoms. The second-order valence-corrected chi connectivity index (χ2v) is 3.61. The summed E-state index contributed by atoms with van der Waals surface area (Å²) >= 11 is 5.52. The number of rotatable bonds is 3. The Balaban J connectivity index is 2.09. The molecule has 5 nitrogen and oxygen atoms in total. The zero-order valence-corrected chi connectivity index (χ0v) is 8.82. The molecule has 1 aromatic rings. The van der Waals surface area contributed by atoms with Crippen LogP contribution < -0.4 is 4.74 Å². The molecule has 1 heterocycles. The van der Waals surface area contributed by atoms with Gasteiger partial charge in [-0.2, -0.15) is 0 Å². The van der Waals surface area contributed by atoms with Crippen LogP contribution in [-0.4, -0.2) is 28.6 Å². The minimum absolute atomic E-state index is 0.144. The largest absolute Gasteiger partial charge is 0.472 e. The Morgan fingerprint density at radius 2 is 2.07 bits per heavy atom. The maximum Gasteiger partial charge on any atom is 0.350 e. The maximum absolute atomic E-state index is 11.4. The van der Waals surface area contributed by atoms with Crippen molar-refractivity contribution < 1.29 is 14.3 Å². The number of nitrogens with zero attached hydrogens (tertiary/aromatic N) is 2. The molecule has 1 aromatic heterocycles. The summed E-state index contributed by atoms with van der Waals surface area (Å²) in [4.78, 5) is 18.9.